The number of methoxy groups -OCH3 is 2. The van der Waals surface area contributed by atoms with Crippen LogP contribution < -0.4 is 15.2 Å². The van der Waals surface area contributed by atoms with E-state index in [-0.39, 0.29) is 12.5 Å². The first-order valence-electron chi connectivity index (χ1n) is 6.11. The molecular weight excluding hydrogens is 246 g/mol. The Morgan fingerprint density at radius 2 is 1.84 bits per heavy atom. The molecule has 5 nitrogen and oxygen atoms in total. The maximum absolute atomic E-state index is 10.6. The van der Waals surface area contributed by atoms with Crippen LogP contribution in [0, 0.1) is 13.8 Å². The predicted octanol–water partition coefficient (Wildman–Crippen LogP) is 2.19. The quantitative estimate of drug-likeness (QED) is 0.825. The average molecular weight is 267 g/mol. The van der Waals surface area contributed by atoms with Crippen LogP contribution in [0.5, 0.6) is 11.5 Å². The fourth-order valence-corrected chi connectivity index (χ4v) is 2.29. The van der Waals surface area contributed by atoms with Crippen molar-refractivity contribution >= 4 is 5.97 Å². The van der Waals surface area contributed by atoms with E-state index in [1.807, 2.05) is 19.9 Å². The molecule has 1 aromatic rings. The molecule has 0 fully saturated rings. The third-order valence-electron chi connectivity index (χ3n) is 3.12. The molecule has 1 aromatic carbocycles. The summed E-state index contributed by atoms with van der Waals surface area (Å²) in [7, 11) is 3.14. The zero-order chi connectivity index (χ0) is 14.6. The van der Waals surface area contributed by atoms with Gasteiger partial charge in [0.25, 0.3) is 0 Å². The van der Waals surface area contributed by atoms with E-state index in [9.17, 15) is 4.79 Å². The van der Waals surface area contributed by atoms with Crippen LogP contribution in [0.3, 0.4) is 0 Å². The summed E-state index contributed by atoms with van der Waals surface area (Å²) >= 11 is 0. The van der Waals surface area contributed by atoms with Gasteiger partial charge in [-0.3, -0.25) is 4.79 Å². The van der Waals surface area contributed by atoms with Crippen LogP contribution in [0.2, 0.25) is 0 Å². The zero-order valence-corrected chi connectivity index (χ0v) is 11.8. The van der Waals surface area contributed by atoms with Gasteiger partial charge in [-0.15, -0.1) is 0 Å². The molecule has 0 radical (unpaired) electrons. The largest absolute Gasteiger partial charge is 0.493 e. The van der Waals surface area contributed by atoms with Crippen LogP contribution in [-0.4, -0.2) is 25.3 Å². The van der Waals surface area contributed by atoms with Crippen molar-refractivity contribution in [2.75, 3.05) is 14.2 Å². The average Bonchev–Trinajstić information content (AvgIpc) is 2.34. The smallest absolute Gasteiger partial charge is 0.303 e. The Kier molecular flexibility index (Phi) is 5.18. The number of carbonyl (C=O) groups is 1. The standard InChI is InChI=1S/C14H21NO4/c1-8-7-9(2)13(18-3)14(19-4)12(8)10(15)5-6-11(16)17/h7,10H,5-6,15H2,1-4H3,(H,16,17). The van der Waals surface area contributed by atoms with Gasteiger partial charge in [0.15, 0.2) is 11.5 Å². The number of ether oxygens (including phenoxy) is 2. The molecule has 0 aromatic heterocycles. The second kappa shape index (κ2) is 6.43. The molecule has 0 amide bonds. The maximum Gasteiger partial charge on any atom is 0.303 e. The van der Waals surface area contributed by atoms with Crippen molar-refractivity contribution in [3.63, 3.8) is 0 Å². The Morgan fingerprint density at radius 3 is 2.32 bits per heavy atom. The normalized spacial score (nSPS) is 12.1. The molecule has 3 N–H and O–H groups in total. The van der Waals surface area contributed by atoms with Gasteiger partial charge in [0.2, 0.25) is 0 Å². The highest BCUT2D eigenvalue weighted by atomic mass is 16.5. The Bertz CT molecular complexity index is 471. The van der Waals surface area contributed by atoms with Crippen LogP contribution in [0.25, 0.3) is 0 Å². The number of carboxylic acid groups (broad SMARTS) is 1. The molecule has 0 bridgehead atoms. The van der Waals surface area contributed by atoms with Gasteiger partial charge in [-0.2, -0.15) is 0 Å². The molecule has 0 aliphatic heterocycles. The summed E-state index contributed by atoms with van der Waals surface area (Å²) in [5.74, 6) is 0.387. The number of nitrogens with two attached hydrogens (primary N) is 1. The highest BCUT2D eigenvalue weighted by Gasteiger charge is 2.21. The second-order valence-corrected chi connectivity index (χ2v) is 4.53. The summed E-state index contributed by atoms with van der Waals surface area (Å²) in [5.41, 5.74) is 8.85. The van der Waals surface area contributed by atoms with Crippen molar-refractivity contribution in [2.45, 2.75) is 32.7 Å². The lowest BCUT2D eigenvalue weighted by Gasteiger charge is -2.21. The predicted molar refractivity (Wildman–Crippen MR) is 72.8 cm³/mol. The lowest BCUT2D eigenvalue weighted by atomic mass is 9.94. The van der Waals surface area contributed by atoms with Crippen LogP contribution in [-0.2, 0) is 4.79 Å². The SMILES string of the molecule is COc1c(C)cc(C)c(C(N)CCC(=O)O)c1OC. The monoisotopic (exact) mass is 267 g/mol. The number of aliphatic carboxylic acids is 1. The maximum atomic E-state index is 10.6. The molecule has 0 aliphatic rings. The van der Waals surface area contributed by atoms with Crippen molar-refractivity contribution in [1.82, 2.24) is 0 Å². The zero-order valence-electron chi connectivity index (χ0n) is 11.8. The minimum atomic E-state index is -0.855. The number of hydrogen-bond acceptors (Lipinski definition) is 4. The molecule has 1 rings (SSSR count). The molecule has 0 aliphatic carbocycles. The van der Waals surface area contributed by atoms with E-state index in [0.29, 0.717) is 17.9 Å². The Labute approximate surface area is 113 Å². The number of rotatable bonds is 6. The fraction of sp³-hybridized carbons (Fsp3) is 0.500. The molecule has 0 spiro atoms. The highest BCUT2D eigenvalue weighted by molar-refractivity contribution is 5.67. The van der Waals surface area contributed by atoms with Gasteiger partial charge in [-0.1, -0.05) is 6.07 Å². The van der Waals surface area contributed by atoms with E-state index < -0.39 is 5.97 Å². The minimum Gasteiger partial charge on any atom is -0.493 e. The van der Waals surface area contributed by atoms with Crippen molar-refractivity contribution in [2.24, 2.45) is 5.73 Å². The van der Waals surface area contributed by atoms with Crippen LogP contribution >= 0.6 is 0 Å². The van der Waals surface area contributed by atoms with Crippen molar-refractivity contribution < 1.29 is 19.4 Å². The van der Waals surface area contributed by atoms with Gasteiger partial charge in [-0.25, -0.2) is 0 Å². The second-order valence-electron chi connectivity index (χ2n) is 4.53. The summed E-state index contributed by atoms with van der Waals surface area (Å²) in [5, 5.41) is 8.74. The topological polar surface area (TPSA) is 81.8 Å². The molecule has 106 valence electrons. The summed E-state index contributed by atoms with van der Waals surface area (Å²) in [4.78, 5) is 10.6. The first-order valence-corrected chi connectivity index (χ1v) is 6.11. The Balaban J connectivity index is 3.21. The molecule has 1 unspecified atom stereocenters. The molecule has 0 saturated heterocycles. The van der Waals surface area contributed by atoms with Crippen LogP contribution in [0.1, 0.15) is 35.6 Å². The number of aryl methyl sites for hydroxylation is 2. The van der Waals surface area contributed by atoms with E-state index in [4.69, 9.17) is 20.3 Å². The highest BCUT2D eigenvalue weighted by Crippen LogP contribution is 2.40. The van der Waals surface area contributed by atoms with Gasteiger partial charge in [0.05, 0.1) is 14.2 Å². The molecule has 0 saturated carbocycles. The summed E-state index contributed by atoms with van der Waals surface area (Å²) in [6, 6.07) is 1.58. The van der Waals surface area contributed by atoms with E-state index in [1.165, 1.54) is 0 Å². The van der Waals surface area contributed by atoms with E-state index in [1.54, 1.807) is 14.2 Å². The fourth-order valence-electron chi connectivity index (χ4n) is 2.29. The number of hydrogen-bond donors (Lipinski definition) is 2. The Hall–Kier alpha value is -1.75. The Morgan fingerprint density at radius 1 is 1.26 bits per heavy atom. The summed E-state index contributed by atoms with van der Waals surface area (Å²) in [6.07, 6.45) is 0.388. The van der Waals surface area contributed by atoms with Gasteiger partial charge >= 0.3 is 5.97 Å². The number of carboxylic acids is 1. The van der Waals surface area contributed by atoms with Gasteiger partial charge < -0.3 is 20.3 Å². The summed E-state index contributed by atoms with van der Waals surface area (Å²) in [6.45, 7) is 3.87. The third kappa shape index (κ3) is 3.38. The van der Waals surface area contributed by atoms with Gasteiger partial charge in [0.1, 0.15) is 0 Å². The van der Waals surface area contributed by atoms with Crippen LogP contribution in [0.15, 0.2) is 6.07 Å². The molecule has 1 atom stereocenters. The lowest BCUT2D eigenvalue weighted by Crippen LogP contribution is -2.15. The first kappa shape index (κ1) is 15.3. The summed E-state index contributed by atoms with van der Waals surface area (Å²) < 4.78 is 10.7. The van der Waals surface area contributed by atoms with Gasteiger partial charge in [0, 0.05) is 18.0 Å². The molecular formula is C14H21NO4. The van der Waals surface area contributed by atoms with Crippen molar-refractivity contribution in [3.8, 4) is 11.5 Å². The van der Waals surface area contributed by atoms with E-state index >= 15 is 0 Å². The molecule has 19 heavy (non-hydrogen) atoms. The van der Waals surface area contributed by atoms with E-state index in [2.05, 4.69) is 0 Å². The van der Waals surface area contributed by atoms with Crippen molar-refractivity contribution in [3.05, 3.63) is 22.8 Å². The van der Waals surface area contributed by atoms with E-state index in [0.717, 1.165) is 16.7 Å². The van der Waals surface area contributed by atoms with Gasteiger partial charge in [-0.05, 0) is 31.4 Å². The van der Waals surface area contributed by atoms with Crippen molar-refractivity contribution in [1.29, 1.82) is 0 Å². The van der Waals surface area contributed by atoms with Crippen LogP contribution in [0.4, 0.5) is 0 Å². The number of benzene rings is 1. The molecule has 0 heterocycles. The third-order valence-corrected chi connectivity index (χ3v) is 3.12. The lowest BCUT2D eigenvalue weighted by molar-refractivity contribution is -0.137. The minimum absolute atomic E-state index is 0.0277. The molecule has 5 heteroatoms. The first-order chi connectivity index (χ1) is 8.92.